The van der Waals surface area contributed by atoms with Crippen LogP contribution >= 0.6 is 0 Å². The lowest BCUT2D eigenvalue weighted by Crippen LogP contribution is -2.25. The van der Waals surface area contributed by atoms with Crippen molar-refractivity contribution in [1.82, 2.24) is 0 Å². The zero-order valence-corrected chi connectivity index (χ0v) is 13.8. The van der Waals surface area contributed by atoms with Gasteiger partial charge in [-0.25, -0.2) is 4.79 Å². The van der Waals surface area contributed by atoms with Gasteiger partial charge in [-0.15, -0.1) is 0 Å². The van der Waals surface area contributed by atoms with Crippen LogP contribution in [0, 0.1) is 5.41 Å². The third kappa shape index (κ3) is 5.13. The number of rotatable bonds is 4. The molecule has 5 heteroatoms. The molecule has 0 amide bonds. The maximum Gasteiger partial charge on any atom is 0.331 e. The first-order valence-electron chi connectivity index (χ1n) is 7.64. The van der Waals surface area contributed by atoms with Crippen LogP contribution in [-0.2, 0) is 14.3 Å². The molecule has 1 heterocycles. The molecule has 1 aromatic carbocycles. The van der Waals surface area contributed by atoms with Crippen molar-refractivity contribution >= 4 is 17.8 Å². The van der Waals surface area contributed by atoms with E-state index < -0.39 is 11.4 Å². The third-order valence-electron chi connectivity index (χ3n) is 3.37. The SMILES string of the molecule is CC(C)(C)C(=O)COC(=O)/C=C/c1ccc2c(c1)OCCCO2. The quantitative estimate of drug-likeness (QED) is 0.631. The molecule has 0 aromatic heterocycles. The Morgan fingerprint density at radius 3 is 2.57 bits per heavy atom. The zero-order valence-electron chi connectivity index (χ0n) is 13.8. The molecule has 5 nitrogen and oxygen atoms in total. The maximum atomic E-state index is 11.7. The molecular weight excluding hydrogens is 296 g/mol. The normalized spacial score (nSPS) is 14.4. The molecule has 0 N–H and O–H groups in total. The molecule has 0 saturated carbocycles. The van der Waals surface area contributed by atoms with Crippen LogP contribution < -0.4 is 9.47 Å². The van der Waals surface area contributed by atoms with E-state index in [-0.39, 0.29) is 12.4 Å². The molecule has 1 aromatic rings. The zero-order chi connectivity index (χ0) is 16.9. The molecule has 0 spiro atoms. The van der Waals surface area contributed by atoms with Crippen LogP contribution in [0.3, 0.4) is 0 Å². The molecule has 0 atom stereocenters. The minimum Gasteiger partial charge on any atom is -0.490 e. The van der Waals surface area contributed by atoms with E-state index in [2.05, 4.69) is 0 Å². The first-order valence-corrected chi connectivity index (χ1v) is 7.64. The van der Waals surface area contributed by atoms with E-state index in [1.165, 1.54) is 6.08 Å². The Morgan fingerprint density at radius 2 is 1.87 bits per heavy atom. The summed E-state index contributed by atoms with van der Waals surface area (Å²) in [5, 5.41) is 0. The lowest BCUT2D eigenvalue weighted by molar-refractivity contribution is -0.145. The monoisotopic (exact) mass is 318 g/mol. The van der Waals surface area contributed by atoms with E-state index in [4.69, 9.17) is 14.2 Å². The number of hydrogen-bond acceptors (Lipinski definition) is 5. The topological polar surface area (TPSA) is 61.8 Å². The predicted octanol–water partition coefficient (Wildman–Crippen LogP) is 3.02. The molecular formula is C18H22O5. The Kier molecular flexibility index (Phi) is 5.42. The standard InChI is InChI=1S/C18H22O5/c1-18(2,3)16(19)12-23-17(20)8-6-13-5-7-14-15(11-13)22-10-4-9-21-14/h5-8,11H,4,9-10,12H2,1-3H3/b8-6+. The second-order valence-electron chi connectivity index (χ2n) is 6.37. The summed E-state index contributed by atoms with van der Waals surface area (Å²) in [6.07, 6.45) is 3.77. The van der Waals surface area contributed by atoms with Crippen molar-refractivity contribution < 1.29 is 23.8 Å². The van der Waals surface area contributed by atoms with Crippen molar-refractivity contribution in [2.45, 2.75) is 27.2 Å². The van der Waals surface area contributed by atoms with Gasteiger partial charge in [0.05, 0.1) is 13.2 Å². The van der Waals surface area contributed by atoms with Crippen molar-refractivity contribution in [1.29, 1.82) is 0 Å². The summed E-state index contributed by atoms with van der Waals surface area (Å²) in [5.41, 5.74) is 0.284. The van der Waals surface area contributed by atoms with Crippen molar-refractivity contribution in [3.8, 4) is 11.5 Å². The van der Waals surface area contributed by atoms with Gasteiger partial charge in [0.15, 0.2) is 23.9 Å². The number of carbonyl (C=O) groups excluding carboxylic acids is 2. The van der Waals surface area contributed by atoms with Crippen molar-refractivity contribution in [2.75, 3.05) is 19.8 Å². The minimum absolute atomic E-state index is 0.116. The Morgan fingerprint density at radius 1 is 1.17 bits per heavy atom. The van der Waals surface area contributed by atoms with Crippen LogP contribution in [0.5, 0.6) is 11.5 Å². The number of fused-ring (bicyclic) bond motifs is 1. The number of Topliss-reactive ketones (excluding diaryl/α,β-unsaturated/α-hetero) is 1. The van der Waals surface area contributed by atoms with E-state index in [9.17, 15) is 9.59 Å². The number of hydrogen-bond donors (Lipinski definition) is 0. The van der Waals surface area contributed by atoms with Crippen molar-refractivity contribution in [3.05, 3.63) is 29.8 Å². The van der Waals surface area contributed by atoms with E-state index in [1.807, 2.05) is 18.2 Å². The molecule has 0 bridgehead atoms. The van der Waals surface area contributed by atoms with Gasteiger partial charge in [0.1, 0.15) is 0 Å². The van der Waals surface area contributed by atoms with E-state index in [1.54, 1.807) is 26.8 Å². The number of ketones is 1. The van der Waals surface area contributed by atoms with Crippen molar-refractivity contribution in [3.63, 3.8) is 0 Å². The fraction of sp³-hybridized carbons (Fsp3) is 0.444. The van der Waals surface area contributed by atoms with Gasteiger partial charge in [0.2, 0.25) is 0 Å². The number of carbonyl (C=O) groups is 2. The summed E-state index contributed by atoms with van der Waals surface area (Å²) in [6, 6.07) is 5.46. The average molecular weight is 318 g/mol. The Balaban J connectivity index is 1.93. The van der Waals surface area contributed by atoms with Crippen LogP contribution in [0.25, 0.3) is 6.08 Å². The number of benzene rings is 1. The van der Waals surface area contributed by atoms with Crippen LogP contribution in [0.2, 0.25) is 0 Å². The van der Waals surface area contributed by atoms with E-state index in [0.29, 0.717) is 24.7 Å². The summed E-state index contributed by atoms with van der Waals surface area (Å²) in [4.78, 5) is 23.4. The molecule has 1 aliphatic heterocycles. The summed E-state index contributed by atoms with van der Waals surface area (Å²) in [5.74, 6) is 0.712. The highest BCUT2D eigenvalue weighted by Gasteiger charge is 2.22. The van der Waals surface area contributed by atoms with E-state index >= 15 is 0 Å². The second-order valence-corrected chi connectivity index (χ2v) is 6.37. The predicted molar refractivity (Wildman–Crippen MR) is 86.5 cm³/mol. The Labute approximate surface area is 136 Å². The fourth-order valence-corrected chi connectivity index (χ4v) is 1.85. The Hall–Kier alpha value is -2.30. The van der Waals surface area contributed by atoms with Gasteiger partial charge in [0.25, 0.3) is 0 Å². The van der Waals surface area contributed by atoms with Gasteiger partial charge in [-0.05, 0) is 23.8 Å². The maximum absolute atomic E-state index is 11.7. The highest BCUT2D eigenvalue weighted by molar-refractivity contribution is 5.91. The number of ether oxygens (including phenoxy) is 3. The average Bonchev–Trinajstić information content (AvgIpc) is 2.74. The molecule has 1 aliphatic rings. The molecule has 23 heavy (non-hydrogen) atoms. The van der Waals surface area contributed by atoms with Crippen LogP contribution in [-0.4, -0.2) is 31.6 Å². The largest absolute Gasteiger partial charge is 0.490 e. The smallest absolute Gasteiger partial charge is 0.331 e. The van der Waals surface area contributed by atoms with Gasteiger partial charge in [-0.1, -0.05) is 26.8 Å². The van der Waals surface area contributed by atoms with E-state index in [0.717, 1.165) is 12.0 Å². The Bertz CT molecular complexity index is 610. The molecule has 0 fully saturated rings. The van der Waals surface area contributed by atoms with Gasteiger partial charge < -0.3 is 14.2 Å². The summed E-state index contributed by atoms with van der Waals surface area (Å²) in [7, 11) is 0. The van der Waals surface area contributed by atoms with Gasteiger partial charge >= 0.3 is 5.97 Å². The first-order chi connectivity index (χ1) is 10.9. The molecule has 124 valence electrons. The number of esters is 1. The second kappa shape index (κ2) is 7.31. The van der Waals surface area contributed by atoms with Gasteiger partial charge in [-0.2, -0.15) is 0 Å². The van der Waals surface area contributed by atoms with Crippen LogP contribution in [0.1, 0.15) is 32.8 Å². The lowest BCUT2D eigenvalue weighted by atomic mass is 9.91. The summed E-state index contributed by atoms with van der Waals surface area (Å²) in [6.45, 7) is 6.39. The molecule has 0 unspecified atom stereocenters. The molecule has 0 aliphatic carbocycles. The highest BCUT2D eigenvalue weighted by Crippen LogP contribution is 2.30. The minimum atomic E-state index is -0.547. The van der Waals surface area contributed by atoms with Gasteiger partial charge in [0, 0.05) is 17.9 Å². The molecule has 0 radical (unpaired) electrons. The third-order valence-corrected chi connectivity index (χ3v) is 3.37. The summed E-state index contributed by atoms with van der Waals surface area (Å²) < 4.78 is 16.1. The lowest BCUT2D eigenvalue weighted by Gasteiger charge is -2.15. The highest BCUT2D eigenvalue weighted by atomic mass is 16.5. The first kappa shape index (κ1) is 17.1. The van der Waals surface area contributed by atoms with Crippen LogP contribution in [0.4, 0.5) is 0 Å². The van der Waals surface area contributed by atoms with Crippen molar-refractivity contribution in [2.24, 2.45) is 5.41 Å². The van der Waals surface area contributed by atoms with Crippen LogP contribution in [0.15, 0.2) is 24.3 Å². The molecule has 2 rings (SSSR count). The summed E-state index contributed by atoms with van der Waals surface area (Å²) >= 11 is 0. The fourth-order valence-electron chi connectivity index (χ4n) is 1.85. The molecule has 0 saturated heterocycles. The van der Waals surface area contributed by atoms with Gasteiger partial charge in [-0.3, -0.25) is 4.79 Å².